The Morgan fingerprint density at radius 3 is 2.45 bits per heavy atom. The number of carbonyl (C=O) groups excluding carboxylic acids is 1. The van der Waals surface area contributed by atoms with Crippen LogP contribution in [0.4, 0.5) is 0 Å². The molecule has 0 aromatic heterocycles. The summed E-state index contributed by atoms with van der Waals surface area (Å²) in [5, 5.41) is 3.64. The molecule has 3 nitrogen and oxygen atoms in total. The van der Waals surface area contributed by atoms with E-state index < -0.39 is 0 Å². The molecule has 2 fully saturated rings. The molecule has 3 heteroatoms. The summed E-state index contributed by atoms with van der Waals surface area (Å²) in [6, 6.07) is 0.433. The van der Waals surface area contributed by atoms with Crippen LogP contribution >= 0.6 is 0 Å². The molecular weight excluding hydrogens is 248 g/mol. The molecule has 1 saturated heterocycles. The number of hydrogen-bond donors (Lipinski definition) is 1. The number of rotatable bonds is 4. The third-order valence-electron chi connectivity index (χ3n) is 5.71. The second kappa shape index (κ2) is 5.67. The van der Waals surface area contributed by atoms with Crippen molar-refractivity contribution in [3.8, 4) is 0 Å². The van der Waals surface area contributed by atoms with E-state index in [0.29, 0.717) is 23.8 Å². The van der Waals surface area contributed by atoms with Crippen molar-refractivity contribution >= 4 is 5.91 Å². The second-order valence-electron chi connectivity index (χ2n) is 7.67. The van der Waals surface area contributed by atoms with Crippen LogP contribution in [-0.4, -0.2) is 28.6 Å². The van der Waals surface area contributed by atoms with Gasteiger partial charge in [-0.15, -0.1) is 0 Å². The van der Waals surface area contributed by atoms with E-state index in [1.54, 1.807) is 0 Å². The minimum Gasteiger partial charge on any atom is -0.322 e. The predicted octanol–water partition coefficient (Wildman–Crippen LogP) is 3.39. The number of nitrogens with one attached hydrogen (secondary N) is 1. The Hall–Kier alpha value is -0.570. The van der Waals surface area contributed by atoms with Crippen LogP contribution in [0, 0.1) is 17.8 Å². The van der Waals surface area contributed by atoms with Gasteiger partial charge >= 0.3 is 0 Å². The molecule has 2 rings (SSSR count). The first-order valence-corrected chi connectivity index (χ1v) is 8.40. The number of hydrogen-bond acceptors (Lipinski definition) is 2. The zero-order valence-electron chi connectivity index (χ0n) is 14.1. The van der Waals surface area contributed by atoms with Crippen LogP contribution in [0.1, 0.15) is 67.2 Å². The summed E-state index contributed by atoms with van der Waals surface area (Å²) in [5.74, 6) is 2.29. The van der Waals surface area contributed by atoms with Gasteiger partial charge in [-0.3, -0.25) is 10.1 Å². The summed E-state index contributed by atoms with van der Waals surface area (Å²) >= 11 is 0. The molecule has 5 unspecified atom stereocenters. The van der Waals surface area contributed by atoms with Gasteiger partial charge in [-0.2, -0.15) is 0 Å². The van der Waals surface area contributed by atoms with E-state index in [4.69, 9.17) is 0 Å². The molecule has 1 saturated carbocycles. The van der Waals surface area contributed by atoms with Crippen molar-refractivity contribution in [2.75, 3.05) is 0 Å². The Balaban J connectivity index is 2.24. The first-order valence-electron chi connectivity index (χ1n) is 8.40. The highest BCUT2D eigenvalue weighted by Gasteiger charge is 2.51. The monoisotopic (exact) mass is 280 g/mol. The molecule has 0 aromatic carbocycles. The van der Waals surface area contributed by atoms with Crippen LogP contribution in [-0.2, 0) is 4.79 Å². The third-order valence-corrected chi connectivity index (χ3v) is 5.71. The second-order valence-corrected chi connectivity index (χ2v) is 7.67. The fourth-order valence-electron chi connectivity index (χ4n) is 3.91. The molecule has 0 bridgehead atoms. The van der Waals surface area contributed by atoms with E-state index in [1.165, 1.54) is 12.8 Å². The highest BCUT2D eigenvalue weighted by atomic mass is 16.2. The quantitative estimate of drug-likeness (QED) is 0.856. The maximum atomic E-state index is 13.0. The largest absolute Gasteiger partial charge is 0.322 e. The Kier molecular flexibility index (Phi) is 4.48. The van der Waals surface area contributed by atoms with Crippen molar-refractivity contribution in [2.45, 2.75) is 85.0 Å². The summed E-state index contributed by atoms with van der Waals surface area (Å²) in [6.45, 7) is 13.3. The molecule has 1 heterocycles. The van der Waals surface area contributed by atoms with Crippen LogP contribution in [0.5, 0.6) is 0 Å². The molecule has 0 spiro atoms. The lowest BCUT2D eigenvalue weighted by molar-refractivity contribution is -0.136. The van der Waals surface area contributed by atoms with Gasteiger partial charge in [-0.25, -0.2) is 0 Å². The van der Waals surface area contributed by atoms with E-state index in [2.05, 4.69) is 51.8 Å². The Bertz CT molecular complexity index is 368. The molecule has 1 amide bonds. The molecule has 5 atom stereocenters. The highest BCUT2D eigenvalue weighted by Crippen LogP contribution is 2.39. The molecular formula is C17H32N2O. The van der Waals surface area contributed by atoms with Gasteiger partial charge < -0.3 is 4.90 Å². The van der Waals surface area contributed by atoms with Gasteiger partial charge in [0, 0.05) is 6.04 Å². The summed E-state index contributed by atoms with van der Waals surface area (Å²) in [7, 11) is 0. The Morgan fingerprint density at radius 2 is 2.00 bits per heavy atom. The lowest BCUT2D eigenvalue weighted by Crippen LogP contribution is -2.47. The van der Waals surface area contributed by atoms with Gasteiger partial charge in [-0.05, 0) is 50.4 Å². The first-order chi connectivity index (χ1) is 9.30. The minimum absolute atomic E-state index is 0.227. The number of carbonyl (C=O) groups is 1. The van der Waals surface area contributed by atoms with Gasteiger partial charge in [-0.1, -0.05) is 34.6 Å². The molecule has 116 valence electrons. The van der Waals surface area contributed by atoms with Crippen molar-refractivity contribution < 1.29 is 4.79 Å². The van der Waals surface area contributed by atoms with Crippen LogP contribution < -0.4 is 5.32 Å². The third kappa shape index (κ3) is 2.61. The molecule has 0 radical (unpaired) electrons. The van der Waals surface area contributed by atoms with Crippen molar-refractivity contribution in [1.82, 2.24) is 10.2 Å². The van der Waals surface area contributed by atoms with Crippen molar-refractivity contribution in [3.63, 3.8) is 0 Å². The van der Waals surface area contributed by atoms with E-state index in [0.717, 1.165) is 18.8 Å². The predicted molar refractivity (Wildman–Crippen MR) is 83.3 cm³/mol. The van der Waals surface area contributed by atoms with Crippen molar-refractivity contribution in [2.24, 2.45) is 17.8 Å². The minimum atomic E-state index is -0.356. The summed E-state index contributed by atoms with van der Waals surface area (Å²) in [4.78, 5) is 15.2. The lowest BCUT2D eigenvalue weighted by Gasteiger charge is -2.34. The van der Waals surface area contributed by atoms with Crippen LogP contribution in [0.3, 0.4) is 0 Å². The zero-order valence-corrected chi connectivity index (χ0v) is 14.1. The van der Waals surface area contributed by atoms with Gasteiger partial charge in [0.15, 0.2) is 0 Å². The van der Waals surface area contributed by atoms with E-state index in [-0.39, 0.29) is 11.7 Å². The maximum absolute atomic E-state index is 13.0. The van der Waals surface area contributed by atoms with Crippen molar-refractivity contribution in [3.05, 3.63) is 0 Å². The number of amides is 1. The maximum Gasteiger partial charge on any atom is 0.244 e. The van der Waals surface area contributed by atoms with Gasteiger partial charge in [0.2, 0.25) is 5.91 Å². The molecule has 1 N–H and O–H groups in total. The molecule has 1 aliphatic carbocycles. The fraction of sp³-hybridized carbons (Fsp3) is 0.941. The average molecular weight is 280 g/mol. The lowest BCUT2D eigenvalue weighted by atomic mass is 9.94. The van der Waals surface area contributed by atoms with Gasteiger partial charge in [0.1, 0.15) is 0 Å². The topological polar surface area (TPSA) is 32.3 Å². The fourth-order valence-corrected chi connectivity index (χ4v) is 3.91. The van der Waals surface area contributed by atoms with Crippen LogP contribution in [0.25, 0.3) is 0 Å². The summed E-state index contributed by atoms with van der Waals surface area (Å²) in [5.41, 5.74) is -0.356. The first kappa shape index (κ1) is 15.8. The Morgan fingerprint density at radius 1 is 1.35 bits per heavy atom. The van der Waals surface area contributed by atoms with Crippen molar-refractivity contribution in [1.29, 1.82) is 0 Å². The molecule has 2 aliphatic rings. The summed E-state index contributed by atoms with van der Waals surface area (Å²) in [6.07, 6.45) is 4.58. The zero-order chi connectivity index (χ0) is 15.1. The van der Waals surface area contributed by atoms with E-state index in [1.807, 2.05) is 0 Å². The Labute approximate surface area is 124 Å². The van der Waals surface area contributed by atoms with Gasteiger partial charge in [0.05, 0.1) is 11.7 Å². The van der Waals surface area contributed by atoms with E-state index in [9.17, 15) is 4.79 Å². The van der Waals surface area contributed by atoms with Gasteiger partial charge in [0.25, 0.3) is 0 Å². The standard InChI is InChI=1S/C17H32N2O/c1-7-17(6)16(20)19(15(18-17)10-11(2)3)14-9-8-12(4)13(14)5/h11-15,18H,7-10H2,1-6H3. The normalized spacial score (nSPS) is 42.0. The SMILES string of the molecule is CCC1(C)NC(CC(C)C)N(C2CCC(C)C2C)C1=O. The van der Waals surface area contributed by atoms with E-state index >= 15 is 0 Å². The highest BCUT2D eigenvalue weighted by molar-refractivity contribution is 5.88. The molecule has 1 aliphatic heterocycles. The number of nitrogens with zero attached hydrogens (tertiary/aromatic N) is 1. The smallest absolute Gasteiger partial charge is 0.244 e. The van der Waals surface area contributed by atoms with Crippen LogP contribution in [0.2, 0.25) is 0 Å². The van der Waals surface area contributed by atoms with Crippen LogP contribution in [0.15, 0.2) is 0 Å². The average Bonchev–Trinajstić information content (AvgIpc) is 2.81. The molecule has 20 heavy (non-hydrogen) atoms. The molecule has 0 aromatic rings. The summed E-state index contributed by atoms with van der Waals surface area (Å²) < 4.78 is 0.